The summed E-state index contributed by atoms with van der Waals surface area (Å²) in [4.78, 5) is 12.1. The third-order valence-electron chi connectivity index (χ3n) is 2.69. The van der Waals surface area contributed by atoms with E-state index in [1.807, 2.05) is 18.4 Å². The molecule has 0 unspecified atom stereocenters. The SMILES string of the molecule is CCNc1nc(N(CC)CCO)c2ccsc2n1. The normalized spacial score (nSPS) is 10.8. The Balaban J connectivity index is 2.47. The van der Waals surface area contributed by atoms with Gasteiger partial charge in [-0.1, -0.05) is 0 Å². The maximum Gasteiger partial charge on any atom is 0.226 e. The van der Waals surface area contributed by atoms with Gasteiger partial charge >= 0.3 is 0 Å². The van der Waals surface area contributed by atoms with Gasteiger partial charge in [-0.3, -0.25) is 0 Å². The highest BCUT2D eigenvalue weighted by molar-refractivity contribution is 7.16. The van der Waals surface area contributed by atoms with E-state index in [1.54, 1.807) is 11.3 Å². The molecule has 2 aromatic rings. The molecule has 2 N–H and O–H groups in total. The standard InChI is InChI=1S/C12H18N4OS/c1-3-13-12-14-10(16(4-2)6-7-17)9-5-8-18-11(9)15-12/h5,8,17H,3-4,6-7H2,1-2H3,(H,13,14,15). The van der Waals surface area contributed by atoms with Crippen LogP contribution in [0.15, 0.2) is 11.4 Å². The summed E-state index contributed by atoms with van der Waals surface area (Å²) in [6, 6.07) is 2.03. The molecule has 0 atom stereocenters. The maximum atomic E-state index is 9.13. The van der Waals surface area contributed by atoms with Crippen LogP contribution < -0.4 is 10.2 Å². The van der Waals surface area contributed by atoms with Gasteiger partial charge in [-0.2, -0.15) is 4.98 Å². The number of aliphatic hydroxyl groups is 1. The Labute approximate surface area is 110 Å². The molecule has 6 heteroatoms. The number of anilines is 2. The van der Waals surface area contributed by atoms with Crippen LogP contribution in [0.25, 0.3) is 10.2 Å². The molecule has 2 aromatic heterocycles. The molecule has 0 spiro atoms. The van der Waals surface area contributed by atoms with Crippen molar-refractivity contribution in [2.24, 2.45) is 0 Å². The van der Waals surface area contributed by atoms with Gasteiger partial charge in [-0.25, -0.2) is 4.98 Å². The van der Waals surface area contributed by atoms with E-state index >= 15 is 0 Å². The number of aromatic nitrogens is 2. The highest BCUT2D eigenvalue weighted by Crippen LogP contribution is 2.28. The van der Waals surface area contributed by atoms with Crippen LogP contribution in [0, 0.1) is 0 Å². The summed E-state index contributed by atoms with van der Waals surface area (Å²) in [5.41, 5.74) is 0. The molecule has 2 rings (SSSR count). The first-order chi connectivity index (χ1) is 8.80. The zero-order chi connectivity index (χ0) is 13.0. The van der Waals surface area contributed by atoms with Crippen molar-refractivity contribution < 1.29 is 5.11 Å². The van der Waals surface area contributed by atoms with Crippen LogP contribution in [0.4, 0.5) is 11.8 Å². The third-order valence-corrected chi connectivity index (χ3v) is 3.50. The second kappa shape index (κ2) is 5.97. The van der Waals surface area contributed by atoms with Gasteiger partial charge in [0.1, 0.15) is 10.6 Å². The van der Waals surface area contributed by atoms with Crippen LogP contribution in [0.1, 0.15) is 13.8 Å². The molecule has 0 aliphatic carbocycles. The van der Waals surface area contributed by atoms with Crippen LogP contribution in [0.3, 0.4) is 0 Å². The summed E-state index contributed by atoms with van der Waals surface area (Å²) in [5.74, 6) is 1.55. The van der Waals surface area contributed by atoms with Crippen molar-refractivity contribution in [3.05, 3.63) is 11.4 Å². The quantitative estimate of drug-likeness (QED) is 0.836. The molecular weight excluding hydrogens is 248 g/mol. The fraction of sp³-hybridized carbons (Fsp3) is 0.500. The summed E-state index contributed by atoms with van der Waals surface area (Å²) in [7, 11) is 0. The molecule has 98 valence electrons. The molecular formula is C12H18N4OS. The lowest BCUT2D eigenvalue weighted by molar-refractivity contribution is 0.302. The van der Waals surface area contributed by atoms with Crippen LogP contribution in [0.2, 0.25) is 0 Å². The smallest absolute Gasteiger partial charge is 0.226 e. The maximum absolute atomic E-state index is 9.13. The van der Waals surface area contributed by atoms with Gasteiger partial charge < -0.3 is 15.3 Å². The first kappa shape index (κ1) is 13.0. The fourth-order valence-electron chi connectivity index (χ4n) is 1.85. The zero-order valence-corrected chi connectivity index (χ0v) is 11.5. The van der Waals surface area contributed by atoms with Gasteiger partial charge in [0, 0.05) is 19.6 Å². The second-order valence-corrected chi connectivity index (χ2v) is 4.74. The molecule has 0 fully saturated rings. The number of fused-ring (bicyclic) bond motifs is 1. The molecule has 2 heterocycles. The number of nitrogens with one attached hydrogen (secondary N) is 1. The average molecular weight is 266 g/mol. The number of rotatable bonds is 6. The van der Waals surface area contributed by atoms with E-state index in [0.29, 0.717) is 12.5 Å². The molecule has 0 aliphatic heterocycles. The minimum absolute atomic E-state index is 0.125. The highest BCUT2D eigenvalue weighted by Gasteiger charge is 2.13. The second-order valence-electron chi connectivity index (χ2n) is 3.84. The van der Waals surface area contributed by atoms with E-state index in [1.165, 1.54) is 0 Å². The zero-order valence-electron chi connectivity index (χ0n) is 10.7. The van der Waals surface area contributed by atoms with E-state index in [2.05, 4.69) is 27.1 Å². The Bertz CT molecular complexity index is 514. The Hall–Kier alpha value is -1.40. The Morgan fingerprint density at radius 1 is 1.39 bits per heavy atom. The van der Waals surface area contributed by atoms with Crippen molar-refractivity contribution in [3.63, 3.8) is 0 Å². The summed E-state index contributed by atoms with van der Waals surface area (Å²) >= 11 is 1.61. The number of thiophene rings is 1. The topological polar surface area (TPSA) is 61.3 Å². The van der Waals surface area contributed by atoms with E-state index in [4.69, 9.17) is 5.11 Å². The minimum atomic E-state index is 0.125. The molecule has 5 nitrogen and oxygen atoms in total. The molecule has 0 aliphatic rings. The Morgan fingerprint density at radius 2 is 2.22 bits per heavy atom. The van der Waals surface area contributed by atoms with Crippen molar-refractivity contribution in [1.29, 1.82) is 0 Å². The molecule has 18 heavy (non-hydrogen) atoms. The van der Waals surface area contributed by atoms with Crippen molar-refractivity contribution in [2.45, 2.75) is 13.8 Å². The lowest BCUT2D eigenvalue weighted by Crippen LogP contribution is -2.27. The van der Waals surface area contributed by atoms with Crippen LogP contribution in [-0.2, 0) is 0 Å². The van der Waals surface area contributed by atoms with Gasteiger partial charge in [0.15, 0.2) is 0 Å². The monoisotopic (exact) mass is 266 g/mol. The summed E-state index contributed by atoms with van der Waals surface area (Å²) in [6.45, 7) is 6.40. The molecule has 0 bridgehead atoms. The first-order valence-corrected chi connectivity index (χ1v) is 7.03. The molecule has 0 saturated heterocycles. The largest absolute Gasteiger partial charge is 0.395 e. The van der Waals surface area contributed by atoms with Crippen molar-refractivity contribution in [2.75, 3.05) is 36.5 Å². The van der Waals surface area contributed by atoms with E-state index in [9.17, 15) is 0 Å². The fourth-order valence-corrected chi connectivity index (χ4v) is 2.61. The molecule has 0 saturated carbocycles. The predicted octanol–water partition coefficient (Wildman–Crippen LogP) is 1.94. The lowest BCUT2D eigenvalue weighted by Gasteiger charge is -2.22. The van der Waals surface area contributed by atoms with Gasteiger partial charge in [0.25, 0.3) is 0 Å². The van der Waals surface area contributed by atoms with Gasteiger partial charge in [0.2, 0.25) is 5.95 Å². The summed E-state index contributed by atoms with van der Waals surface area (Å²) in [6.07, 6.45) is 0. The highest BCUT2D eigenvalue weighted by atomic mass is 32.1. The average Bonchev–Trinajstić information content (AvgIpc) is 2.83. The first-order valence-electron chi connectivity index (χ1n) is 6.15. The van der Waals surface area contributed by atoms with Gasteiger partial charge in [0.05, 0.1) is 12.0 Å². The minimum Gasteiger partial charge on any atom is -0.395 e. The van der Waals surface area contributed by atoms with Crippen LogP contribution in [0.5, 0.6) is 0 Å². The third kappa shape index (κ3) is 2.54. The van der Waals surface area contributed by atoms with Crippen LogP contribution in [-0.4, -0.2) is 41.3 Å². The van der Waals surface area contributed by atoms with Crippen molar-refractivity contribution >= 4 is 33.3 Å². The molecule has 0 amide bonds. The summed E-state index contributed by atoms with van der Waals surface area (Å²) < 4.78 is 0. The van der Waals surface area contributed by atoms with E-state index < -0.39 is 0 Å². The number of hydrogen-bond donors (Lipinski definition) is 2. The van der Waals surface area contributed by atoms with Crippen LogP contribution >= 0.6 is 11.3 Å². The number of aliphatic hydroxyl groups excluding tert-OH is 1. The number of nitrogens with zero attached hydrogens (tertiary/aromatic N) is 3. The summed E-state index contributed by atoms with van der Waals surface area (Å²) in [5, 5.41) is 15.3. The van der Waals surface area contributed by atoms with Gasteiger partial charge in [-0.15, -0.1) is 11.3 Å². The van der Waals surface area contributed by atoms with Gasteiger partial charge in [-0.05, 0) is 25.3 Å². The molecule has 0 aromatic carbocycles. The number of likely N-dealkylation sites (N-methyl/N-ethyl adjacent to an activating group) is 1. The van der Waals surface area contributed by atoms with Crippen molar-refractivity contribution in [1.82, 2.24) is 9.97 Å². The Kier molecular flexibility index (Phi) is 4.33. The Morgan fingerprint density at radius 3 is 2.89 bits per heavy atom. The molecule has 0 radical (unpaired) electrons. The number of hydrogen-bond acceptors (Lipinski definition) is 6. The van der Waals surface area contributed by atoms with E-state index in [0.717, 1.165) is 29.1 Å². The predicted molar refractivity (Wildman–Crippen MR) is 76.6 cm³/mol. The van der Waals surface area contributed by atoms with Crippen molar-refractivity contribution in [3.8, 4) is 0 Å². The lowest BCUT2D eigenvalue weighted by atomic mass is 10.3. The van der Waals surface area contributed by atoms with E-state index in [-0.39, 0.29) is 6.61 Å².